The number of H-pyrrole nitrogens is 1. The van der Waals surface area contributed by atoms with E-state index in [0.717, 1.165) is 21.5 Å². The molecule has 6 heteroatoms. The van der Waals surface area contributed by atoms with Crippen LogP contribution in [0.3, 0.4) is 0 Å². The first-order valence-electron chi connectivity index (χ1n) is 8.37. The first-order valence-corrected chi connectivity index (χ1v) is 9.60. The molecule has 0 bridgehead atoms. The summed E-state index contributed by atoms with van der Waals surface area (Å²) in [6.07, 6.45) is 4.08. The number of carbonyl (C=O) groups is 1. The molecule has 2 heterocycles. The number of fused-ring (bicyclic) bond motifs is 1. The van der Waals surface area contributed by atoms with E-state index in [1.54, 1.807) is 24.1 Å². The number of nitrogens with zero attached hydrogens (tertiary/aromatic N) is 1. The molecule has 2 aromatic carbocycles. The Balaban J connectivity index is 1.74. The van der Waals surface area contributed by atoms with Crippen LogP contribution < -0.4 is 5.56 Å². The van der Waals surface area contributed by atoms with E-state index < -0.39 is 0 Å². The van der Waals surface area contributed by atoms with Gasteiger partial charge in [-0.1, -0.05) is 0 Å². The number of aromatic amines is 1. The molecule has 0 aliphatic rings. The van der Waals surface area contributed by atoms with Gasteiger partial charge in [0.25, 0.3) is 5.56 Å². The van der Waals surface area contributed by atoms with Crippen LogP contribution in [0.5, 0.6) is 0 Å². The van der Waals surface area contributed by atoms with Crippen molar-refractivity contribution in [2.45, 2.75) is 11.3 Å². The Morgan fingerprint density at radius 3 is 2.63 bits per heavy atom. The molecule has 0 aliphatic carbocycles. The fourth-order valence-electron chi connectivity index (χ4n) is 2.99. The third kappa shape index (κ3) is 3.57. The molecule has 4 rings (SSSR count). The highest BCUT2D eigenvalue weighted by atomic mass is 32.2. The number of hydrogen-bond acceptors (Lipinski definition) is 5. The van der Waals surface area contributed by atoms with Crippen molar-refractivity contribution in [3.8, 4) is 0 Å². The van der Waals surface area contributed by atoms with Gasteiger partial charge in [-0.25, -0.2) is 5.10 Å². The average Bonchev–Trinajstić information content (AvgIpc) is 3.17. The lowest BCUT2D eigenvalue weighted by Crippen LogP contribution is -2.08. The molecule has 0 amide bonds. The number of hydrogen-bond donors (Lipinski definition) is 1. The molecule has 0 fully saturated rings. The SMILES string of the molecule is CSc1ccc(C(=O)c2cc(Cc3ccc(=O)[nH]n3)cc3ccoc23)cc1. The topological polar surface area (TPSA) is 76.0 Å². The Labute approximate surface area is 159 Å². The van der Waals surface area contributed by atoms with Gasteiger partial charge in [0, 0.05) is 28.3 Å². The zero-order valence-corrected chi connectivity index (χ0v) is 15.4. The number of furan rings is 1. The van der Waals surface area contributed by atoms with Crippen molar-refractivity contribution in [2.75, 3.05) is 6.26 Å². The molecule has 0 radical (unpaired) electrons. The van der Waals surface area contributed by atoms with Crippen LogP contribution in [0.15, 0.2) is 75.0 Å². The summed E-state index contributed by atoms with van der Waals surface area (Å²) in [6, 6.07) is 16.3. The summed E-state index contributed by atoms with van der Waals surface area (Å²) in [5.41, 5.74) is 3.12. The average molecular weight is 376 g/mol. The van der Waals surface area contributed by atoms with Crippen molar-refractivity contribution in [1.82, 2.24) is 10.2 Å². The smallest absolute Gasteiger partial charge is 0.264 e. The molecule has 5 nitrogen and oxygen atoms in total. The lowest BCUT2D eigenvalue weighted by molar-refractivity contribution is 0.103. The molecule has 4 aromatic rings. The number of thioether (sulfide) groups is 1. The molecule has 0 atom stereocenters. The molecule has 0 saturated heterocycles. The standard InChI is InChI=1S/C21H16N2O3S/c1-27-17-5-2-14(3-6-17)20(25)18-12-13(10-15-8-9-26-21(15)18)11-16-4-7-19(24)23-22-16/h2-10,12H,11H2,1H3,(H,23,24). The molecule has 27 heavy (non-hydrogen) atoms. The third-order valence-corrected chi connectivity index (χ3v) is 5.07. The maximum atomic E-state index is 13.1. The van der Waals surface area contributed by atoms with Crippen LogP contribution >= 0.6 is 11.8 Å². The lowest BCUT2D eigenvalue weighted by Gasteiger charge is -2.07. The quantitative estimate of drug-likeness (QED) is 0.420. The van der Waals surface area contributed by atoms with E-state index >= 15 is 0 Å². The van der Waals surface area contributed by atoms with E-state index in [2.05, 4.69) is 10.2 Å². The van der Waals surface area contributed by atoms with E-state index in [4.69, 9.17) is 4.42 Å². The van der Waals surface area contributed by atoms with E-state index in [9.17, 15) is 9.59 Å². The Morgan fingerprint density at radius 1 is 1.11 bits per heavy atom. The van der Waals surface area contributed by atoms with Gasteiger partial charge in [-0.3, -0.25) is 9.59 Å². The van der Waals surface area contributed by atoms with Gasteiger partial charge < -0.3 is 4.42 Å². The van der Waals surface area contributed by atoms with E-state index in [1.165, 1.54) is 6.07 Å². The predicted octanol–water partition coefficient (Wildman–Crippen LogP) is 4.06. The van der Waals surface area contributed by atoms with Gasteiger partial charge in [0.1, 0.15) is 5.58 Å². The van der Waals surface area contributed by atoms with Gasteiger partial charge in [0.2, 0.25) is 0 Å². The highest BCUT2D eigenvalue weighted by molar-refractivity contribution is 7.98. The number of aromatic nitrogens is 2. The second-order valence-corrected chi connectivity index (χ2v) is 7.01. The minimum atomic E-state index is -0.242. The summed E-state index contributed by atoms with van der Waals surface area (Å²) in [4.78, 5) is 25.4. The summed E-state index contributed by atoms with van der Waals surface area (Å²) < 4.78 is 5.57. The van der Waals surface area contributed by atoms with Crippen molar-refractivity contribution in [1.29, 1.82) is 0 Å². The Morgan fingerprint density at radius 2 is 1.93 bits per heavy atom. The third-order valence-electron chi connectivity index (χ3n) is 4.33. The Bertz CT molecular complexity index is 1160. The van der Waals surface area contributed by atoms with Crippen LogP contribution in [0.1, 0.15) is 27.2 Å². The van der Waals surface area contributed by atoms with Crippen molar-refractivity contribution < 1.29 is 9.21 Å². The summed E-state index contributed by atoms with van der Waals surface area (Å²) in [7, 11) is 0. The van der Waals surface area contributed by atoms with Crippen molar-refractivity contribution in [2.24, 2.45) is 0 Å². The van der Waals surface area contributed by atoms with Gasteiger partial charge in [-0.15, -0.1) is 11.8 Å². The fourth-order valence-corrected chi connectivity index (χ4v) is 3.40. The van der Waals surface area contributed by atoms with Crippen LogP contribution in [0.4, 0.5) is 0 Å². The Hall–Kier alpha value is -3.12. The summed E-state index contributed by atoms with van der Waals surface area (Å²) >= 11 is 1.63. The van der Waals surface area contributed by atoms with Crippen LogP contribution in [0.25, 0.3) is 11.0 Å². The number of ketones is 1. The molecule has 0 saturated carbocycles. The van der Waals surface area contributed by atoms with Gasteiger partial charge >= 0.3 is 0 Å². The van der Waals surface area contributed by atoms with Gasteiger partial charge in [0.05, 0.1) is 17.5 Å². The van der Waals surface area contributed by atoms with Gasteiger partial charge in [-0.2, -0.15) is 5.10 Å². The predicted molar refractivity (Wildman–Crippen MR) is 106 cm³/mol. The molecular formula is C21H16N2O3S. The second kappa shape index (κ2) is 7.25. The van der Waals surface area contributed by atoms with Gasteiger partial charge in [0.15, 0.2) is 5.78 Å². The normalized spacial score (nSPS) is 11.0. The first-order chi connectivity index (χ1) is 13.1. The molecule has 134 valence electrons. The number of benzene rings is 2. The van der Waals surface area contributed by atoms with Crippen LogP contribution in [-0.4, -0.2) is 22.2 Å². The minimum absolute atomic E-state index is 0.0844. The summed E-state index contributed by atoms with van der Waals surface area (Å²) in [5, 5.41) is 7.34. The zero-order chi connectivity index (χ0) is 18.8. The molecular weight excluding hydrogens is 360 g/mol. The lowest BCUT2D eigenvalue weighted by atomic mass is 9.97. The van der Waals surface area contributed by atoms with E-state index in [1.807, 2.05) is 48.7 Å². The van der Waals surface area contributed by atoms with Crippen LogP contribution in [-0.2, 0) is 6.42 Å². The zero-order valence-electron chi connectivity index (χ0n) is 14.6. The number of carbonyl (C=O) groups excluding carboxylic acids is 1. The van der Waals surface area contributed by atoms with Crippen molar-refractivity contribution in [3.05, 3.63) is 93.6 Å². The monoisotopic (exact) mass is 376 g/mol. The molecule has 0 spiro atoms. The first kappa shape index (κ1) is 17.3. The van der Waals surface area contributed by atoms with Crippen LogP contribution in [0.2, 0.25) is 0 Å². The highest BCUT2D eigenvalue weighted by Gasteiger charge is 2.17. The Kier molecular flexibility index (Phi) is 4.64. The maximum Gasteiger partial charge on any atom is 0.264 e. The molecule has 1 N–H and O–H groups in total. The van der Waals surface area contributed by atoms with E-state index in [0.29, 0.717) is 23.1 Å². The number of rotatable bonds is 5. The molecule has 0 unspecified atom stereocenters. The number of nitrogens with one attached hydrogen (secondary N) is 1. The summed E-state index contributed by atoms with van der Waals surface area (Å²) in [6.45, 7) is 0. The highest BCUT2D eigenvalue weighted by Crippen LogP contribution is 2.26. The molecule has 2 aromatic heterocycles. The van der Waals surface area contributed by atoms with Crippen molar-refractivity contribution in [3.63, 3.8) is 0 Å². The largest absolute Gasteiger partial charge is 0.464 e. The van der Waals surface area contributed by atoms with Crippen molar-refractivity contribution >= 4 is 28.5 Å². The maximum absolute atomic E-state index is 13.1. The van der Waals surface area contributed by atoms with E-state index in [-0.39, 0.29) is 11.3 Å². The second-order valence-electron chi connectivity index (χ2n) is 6.13. The fraction of sp³-hybridized carbons (Fsp3) is 0.0952. The van der Waals surface area contributed by atoms with Crippen LogP contribution in [0, 0.1) is 0 Å². The molecule has 0 aliphatic heterocycles. The van der Waals surface area contributed by atoms with Gasteiger partial charge in [-0.05, 0) is 60.4 Å². The summed E-state index contributed by atoms with van der Waals surface area (Å²) in [5.74, 6) is -0.0844. The minimum Gasteiger partial charge on any atom is -0.464 e.